The number of carbonyl (C=O) groups excluding carboxylic acids is 2. The van der Waals surface area contributed by atoms with Crippen molar-refractivity contribution >= 4 is 57.3 Å². The molecule has 1 saturated heterocycles. The van der Waals surface area contributed by atoms with Crippen molar-refractivity contribution in [1.29, 1.82) is 0 Å². The molecule has 2 aromatic carbocycles. The van der Waals surface area contributed by atoms with Gasteiger partial charge in [0.1, 0.15) is 5.76 Å². The number of halogens is 1. The Labute approximate surface area is 226 Å². The lowest BCUT2D eigenvalue weighted by Crippen LogP contribution is -2.29. The maximum absolute atomic E-state index is 13.3. The van der Waals surface area contributed by atoms with Crippen molar-refractivity contribution < 1.29 is 14.7 Å². The minimum atomic E-state index is -0.900. The zero-order valence-corrected chi connectivity index (χ0v) is 22.3. The molecule has 0 radical (unpaired) electrons. The first kappa shape index (κ1) is 25.1. The van der Waals surface area contributed by atoms with Crippen molar-refractivity contribution in [2.24, 2.45) is 0 Å². The molecule has 5 rings (SSSR count). The van der Waals surface area contributed by atoms with E-state index in [0.717, 1.165) is 16.7 Å². The second-order valence-corrected chi connectivity index (χ2v) is 11.1. The molecule has 37 heavy (non-hydrogen) atoms. The summed E-state index contributed by atoms with van der Waals surface area (Å²) in [7, 11) is 0. The lowest BCUT2D eigenvalue weighted by atomic mass is 9.94. The Kier molecular flexibility index (Phi) is 7.10. The van der Waals surface area contributed by atoms with Crippen LogP contribution >= 0.6 is 34.7 Å². The predicted molar refractivity (Wildman–Crippen MR) is 146 cm³/mol. The number of hydrogen-bond donors (Lipinski definition) is 1. The number of aromatic nitrogens is 3. The van der Waals surface area contributed by atoms with Gasteiger partial charge in [-0.25, -0.2) is 0 Å². The zero-order valence-electron chi connectivity index (χ0n) is 19.9. The van der Waals surface area contributed by atoms with Crippen LogP contribution in [-0.2, 0) is 15.3 Å². The summed E-state index contributed by atoms with van der Waals surface area (Å²) >= 11 is 8.91. The van der Waals surface area contributed by atoms with E-state index < -0.39 is 17.7 Å². The average Bonchev–Trinajstić information content (AvgIpc) is 3.47. The van der Waals surface area contributed by atoms with Gasteiger partial charge in [-0.2, -0.15) is 0 Å². The van der Waals surface area contributed by atoms with Crippen molar-refractivity contribution in [1.82, 2.24) is 15.2 Å². The smallest absolute Gasteiger partial charge is 0.301 e. The van der Waals surface area contributed by atoms with E-state index in [9.17, 15) is 14.7 Å². The monoisotopic (exact) mass is 548 g/mol. The minimum absolute atomic E-state index is 0.00725. The Balaban J connectivity index is 1.56. The predicted octanol–water partition coefficient (Wildman–Crippen LogP) is 6.12. The largest absolute Gasteiger partial charge is 0.507 e. The molecule has 7 nitrogen and oxygen atoms in total. The standard InChI is InChI=1S/C27H21ClN4O3S2/c1-15-9-10-16(2)19(12-15)23(33)21-22(17-7-5-11-29-13-17)32(25(35)24(21)34)26-30-31-27(37-26)36-14-18-6-3-4-8-20(18)28/h3-13,22,33H,14H2,1-2H3. The molecule has 1 fully saturated rings. The summed E-state index contributed by atoms with van der Waals surface area (Å²) < 4.78 is 0.622. The number of carbonyl (C=O) groups is 2. The number of aliphatic hydroxyl groups excluding tert-OH is 1. The van der Waals surface area contributed by atoms with Gasteiger partial charge in [-0.1, -0.05) is 76.7 Å². The van der Waals surface area contributed by atoms with Crippen LogP contribution in [-0.4, -0.2) is 32.0 Å². The minimum Gasteiger partial charge on any atom is -0.507 e. The summed E-state index contributed by atoms with van der Waals surface area (Å²) in [5.41, 5.74) is 3.73. The fourth-order valence-corrected chi connectivity index (χ4v) is 6.29. The van der Waals surface area contributed by atoms with Gasteiger partial charge >= 0.3 is 5.91 Å². The van der Waals surface area contributed by atoms with Gasteiger partial charge in [0.15, 0.2) is 4.34 Å². The highest BCUT2D eigenvalue weighted by Crippen LogP contribution is 2.44. The van der Waals surface area contributed by atoms with Crippen molar-refractivity contribution in [3.8, 4) is 0 Å². The Morgan fingerprint density at radius 3 is 2.68 bits per heavy atom. The first-order valence-electron chi connectivity index (χ1n) is 11.3. The fourth-order valence-electron chi connectivity index (χ4n) is 4.13. The first-order chi connectivity index (χ1) is 17.8. The highest BCUT2D eigenvalue weighted by atomic mass is 35.5. The number of Topliss-reactive ketones (excluding diaryl/α,β-unsaturated/α-hetero) is 1. The number of ketones is 1. The molecule has 1 amide bonds. The van der Waals surface area contributed by atoms with Crippen LogP contribution in [0, 0.1) is 13.8 Å². The molecule has 1 atom stereocenters. The number of anilines is 1. The summed E-state index contributed by atoms with van der Waals surface area (Å²) in [4.78, 5) is 32.2. The molecule has 1 N–H and O–H groups in total. The molecule has 1 aliphatic heterocycles. The molecule has 0 spiro atoms. The number of aliphatic hydroxyl groups is 1. The van der Waals surface area contributed by atoms with E-state index in [2.05, 4.69) is 15.2 Å². The average molecular weight is 549 g/mol. The van der Waals surface area contributed by atoms with Crippen LogP contribution in [0.1, 0.15) is 33.9 Å². The molecule has 3 heterocycles. The van der Waals surface area contributed by atoms with Crippen LogP contribution < -0.4 is 4.90 Å². The Bertz CT molecular complexity index is 1540. The zero-order chi connectivity index (χ0) is 26.1. The van der Waals surface area contributed by atoms with Gasteiger partial charge in [-0.3, -0.25) is 19.5 Å². The van der Waals surface area contributed by atoms with Gasteiger partial charge in [-0.15, -0.1) is 10.2 Å². The Morgan fingerprint density at radius 2 is 1.92 bits per heavy atom. The van der Waals surface area contributed by atoms with E-state index in [4.69, 9.17) is 11.6 Å². The number of pyridine rings is 1. The molecule has 0 aliphatic carbocycles. The first-order valence-corrected chi connectivity index (χ1v) is 13.5. The molecular formula is C27H21ClN4O3S2. The van der Waals surface area contributed by atoms with Crippen molar-refractivity contribution in [2.45, 2.75) is 30.0 Å². The van der Waals surface area contributed by atoms with E-state index in [0.29, 0.717) is 26.2 Å². The molecule has 4 aromatic rings. The third-order valence-corrected chi connectivity index (χ3v) is 8.48. The summed E-state index contributed by atoms with van der Waals surface area (Å²) in [5, 5.41) is 20.8. The van der Waals surface area contributed by atoms with E-state index in [-0.39, 0.29) is 16.5 Å². The van der Waals surface area contributed by atoms with E-state index in [1.54, 1.807) is 30.6 Å². The lowest BCUT2D eigenvalue weighted by Gasteiger charge is -2.22. The van der Waals surface area contributed by atoms with Crippen LogP contribution in [0.3, 0.4) is 0 Å². The van der Waals surface area contributed by atoms with Crippen LogP contribution in [0.2, 0.25) is 5.02 Å². The fraction of sp³-hybridized carbons (Fsp3) is 0.148. The number of amides is 1. The molecular weight excluding hydrogens is 528 g/mol. The maximum atomic E-state index is 13.3. The summed E-state index contributed by atoms with van der Waals surface area (Å²) in [5.74, 6) is -1.22. The number of thioether (sulfide) groups is 1. The van der Waals surface area contributed by atoms with Crippen molar-refractivity contribution in [3.63, 3.8) is 0 Å². The molecule has 0 bridgehead atoms. The molecule has 186 valence electrons. The second kappa shape index (κ2) is 10.5. The molecule has 10 heteroatoms. The SMILES string of the molecule is Cc1ccc(C)c(C(O)=C2C(=O)C(=O)N(c3nnc(SCc4ccccc4Cl)s3)C2c2cccnc2)c1. The van der Waals surface area contributed by atoms with E-state index in [1.165, 1.54) is 28.0 Å². The van der Waals surface area contributed by atoms with Crippen LogP contribution in [0.15, 0.2) is 76.9 Å². The number of aryl methyl sites for hydroxylation is 2. The molecule has 1 unspecified atom stereocenters. The number of nitrogens with zero attached hydrogens (tertiary/aromatic N) is 4. The lowest BCUT2D eigenvalue weighted by molar-refractivity contribution is -0.132. The van der Waals surface area contributed by atoms with Gasteiger partial charge in [0, 0.05) is 28.7 Å². The summed E-state index contributed by atoms with van der Waals surface area (Å²) in [6, 6.07) is 15.7. The normalized spacial score (nSPS) is 16.9. The second-order valence-electron chi connectivity index (χ2n) is 8.50. The Morgan fingerprint density at radius 1 is 1.11 bits per heavy atom. The molecule has 1 aliphatic rings. The summed E-state index contributed by atoms with van der Waals surface area (Å²) in [6.45, 7) is 3.74. The highest BCUT2D eigenvalue weighted by molar-refractivity contribution is 8.00. The Hall–Kier alpha value is -3.53. The number of rotatable bonds is 6. The third-order valence-electron chi connectivity index (χ3n) is 6.00. The number of hydrogen-bond acceptors (Lipinski definition) is 8. The van der Waals surface area contributed by atoms with Crippen LogP contribution in [0.25, 0.3) is 5.76 Å². The van der Waals surface area contributed by atoms with Gasteiger partial charge in [0.05, 0.1) is 11.6 Å². The molecule has 0 saturated carbocycles. The van der Waals surface area contributed by atoms with Crippen molar-refractivity contribution in [3.05, 3.63) is 105 Å². The number of benzene rings is 2. The van der Waals surface area contributed by atoms with Gasteiger partial charge in [0.2, 0.25) is 5.13 Å². The van der Waals surface area contributed by atoms with Gasteiger partial charge < -0.3 is 5.11 Å². The topological polar surface area (TPSA) is 96.3 Å². The van der Waals surface area contributed by atoms with Gasteiger partial charge in [-0.05, 0) is 48.7 Å². The van der Waals surface area contributed by atoms with Crippen molar-refractivity contribution in [2.75, 3.05) is 4.90 Å². The van der Waals surface area contributed by atoms with E-state index >= 15 is 0 Å². The quantitative estimate of drug-likeness (QED) is 0.102. The summed E-state index contributed by atoms with van der Waals surface area (Å²) in [6.07, 6.45) is 3.18. The van der Waals surface area contributed by atoms with Crippen LogP contribution in [0.5, 0.6) is 0 Å². The highest BCUT2D eigenvalue weighted by Gasteiger charge is 2.48. The van der Waals surface area contributed by atoms with E-state index in [1.807, 2.05) is 50.2 Å². The van der Waals surface area contributed by atoms with Crippen LogP contribution in [0.4, 0.5) is 5.13 Å². The maximum Gasteiger partial charge on any atom is 0.301 e. The van der Waals surface area contributed by atoms with Gasteiger partial charge in [0.25, 0.3) is 5.78 Å². The third kappa shape index (κ3) is 4.90. The molecule has 2 aromatic heterocycles.